The molecule has 0 aliphatic heterocycles. The summed E-state index contributed by atoms with van der Waals surface area (Å²) in [6.45, 7) is 6.07. The van der Waals surface area contributed by atoms with E-state index in [9.17, 15) is 14.9 Å². The van der Waals surface area contributed by atoms with Crippen LogP contribution in [0.2, 0.25) is 10.0 Å². The van der Waals surface area contributed by atoms with Gasteiger partial charge < -0.3 is 10.1 Å². The maximum Gasteiger partial charge on any atom is 0.275 e. The molecule has 8 nitrogen and oxygen atoms in total. The number of ether oxygens (including phenoxy) is 1. The third-order valence-electron chi connectivity index (χ3n) is 4.39. The van der Waals surface area contributed by atoms with Gasteiger partial charge in [-0.2, -0.15) is 5.10 Å². The number of anilines is 1. The highest BCUT2D eigenvalue weighted by Crippen LogP contribution is 2.34. The van der Waals surface area contributed by atoms with Gasteiger partial charge in [0.25, 0.3) is 11.6 Å². The molecular weight excluding hydrogens is 431 g/mol. The molecule has 0 radical (unpaired) electrons. The van der Waals surface area contributed by atoms with Crippen molar-refractivity contribution in [1.82, 2.24) is 9.78 Å². The Labute approximate surface area is 182 Å². The lowest BCUT2D eigenvalue weighted by atomic mass is 10.1. The fraction of sp³-hybridized carbons (Fsp3) is 0.200. The molecule has 1 aromatic heterocycles. The van der Waals surface area contributed by atoms with Crippen molar-refractivity contribution in [2.24, 2.45) is 0 Å². The van der Waals surface area contributed by atoms with Gasteiger partial charge in [-0.15, -0.1) is 0 Å². The minimum atomic E-state index is -0.572. The zero-order valence-electron chi connectivity index (χ0n) is 16.4. The summed E-state index contributed by atoms with van der Waals surface area (Å²) in [6.07, 6.45) is 0. The van der Waals surface area contributed by atoms with Gasteiger partial charge in [0.2, 0.25) is 0 Å². The summed E-state index contributed by atoms with van der Waals surface area (Å²) in [4.78, 5) is 23.6. The van der Waals surface area contributed by atoms with E-state index in [1.165, 1.54) is 24.3 Å². The van der Waals surface area contributed by atoms with Crippen LogP contribution in [-0.2, 0) is 6.54 Å². The quantitative estimate of drug-likeness (QED) is 0.380. The van der Waals surface area contributed by atoms with E-state index in [2.05, 4.69) is 10.4 Å². The van der Waals surface area contributed by atoms with Crippen LogP contribution < -0.4 is 10.1 Å². The van der Waals surface area contributed by atoms with Crippen molar-refractivity contribution >= 4 is 40.5 Å². The minimum absolute atomic E-state index is 0.140. The number of nitro benzene ring substituents is 1. The van der Waals surface area contributed by atoms with Gasteiger partial charge >= 0.3 is 0 Å². The molecule has 3 aromatic rings. The summed E-state index contributed by atoms with van der Waals surface area (Å²) in [6, 6.07) is 8.60. The zero-order valence-corrected chi connectivity index (χ0v) is 17.9. The molecule has 0 saturated heterocycles. The van der Waals surface area contributed by atoms with Gasteiger partial charge in [0, 0.05) is 29.4 Å². The van der Waals surface area contributed by atoms with Crippen LogP contribution in [0.25, 0.3) is 0 Å². The van der Waals surface area contributed by atoms with Crippen molar-refractivity contribution in [2.75, 3.05) is 5.32 Å². The zero-order chi connectivity index (χ0) is 22.0. The van der Waals surface area contributed by atoms with Crippen LogP contribution in [0.1, 0.15) is 28.7 Å². The molecule has 2 aromatic carbocycles. The summed E-state index contributed by atoms with van der Waals surface area (Å²) < 4.78 is 7.41. The Kier molecular flexibility index (Phi) is 6.28. The Bertz CT molecular complexity index is 1140. The molecule has 30 heavy (non-hydrogen) atoms. The maximum atomic E-state index is 12.8. The molecule has 1 heterocycles. The molecule has 0 aliphatic rings. The number of halogens is 2. The number of hydrogen-bond donors (Lipinski definition) is 1. The molecule has 0 saturated carbocycles. The van der Waals surface area contributed by atoms with E-state index < -0.39 is 10.8 Å². The predicted octanol–water partition coefficient (Wildman–Crippen LogP) is 5.78. The first-order valence-corrected chi connectivity index (χ1v) is 9.73. The fourth-order valence-corrected chi connectivity index (χ4v) is 3.48. The number of nitro groups is 1. The first-order valence-electron chi connectivity index (χ1n) is 8.97. The summed E-state index contributed by atoms with van der Waals surface area (Å²) in [5.74, 6) is -0.00292. The number of aromatic nitrogens is 2. The van der Waals surface area contributed by atoms with Gasteiger partial charge in [-0.05, 0) is 39.0 Å². The number of carbonyl (C=O) groups excluding carboxylic acids is 1. The molecular formula is C20H18Cl2N4O4. The molecule has 0 atom stereocenters. The van der Waals surface area contributed by atoms with Crippen molar-refractivity contribution in [3.8, 4) is 11.5 Å². The van der Waals surface area contributed by atoms with E-state index in [1.54, 1.807) is 30.7 Å². The number of amides is 1. The number of carbonyl (C=O) groups is 1. The van der Waals surface area contributed by atoms with Gasteiger partial charge in [-0.1, -0.05) is 23.2 Å². The molecule has 156 valence electrons. The van der Waals surface area contributed by atoms with Gasteiger partial charge in [-0.3, -0.25) is 19.6 Å². The van der Waals surface area contributed by atoms with Crippen LogP contribution in [0.4, 0.5) is 11.4 Å². The Balaban J connectivity index is 1.94. The lowest BCUT2D eigenvalue weighted by molar-refractivity contribution is -0.384. The van der Waals surface area contributed by atoms with Gasteiger partial charge in [0.1, 0.15) is 11.5 Å². The van der Waals surface area contributed by atoms with Crippen molar-refractivity contribution in [1.29, 1.82) is 0 Å². The van der Waals surface area contributed by atoms with E-state index in [1.807, 2.05) is 6.92 Å². The number of benzene rings is 2. The van der Waals surface area contributed by atoms with Crippen LogP contribution in [0.5, 0.6) is 11.5 Å². The molecule has 0 spiro atoms. The number of non-ortho nitro benzene ring substituents is 1. The third kappa shape index (κ3) is 4.55. The summed E-state index contributed by atoms with van der Waals surface area (Å²) in [5, 5.41) is 19.0. The molecule has 1 N–H and O–H groups in total. The highest BCUT2D eigenvalue weighted by Gasteiger charge is 2.20. The smallest absolute Gasteiger partial charge is 0.275 e. The largest absolute Gasteiger partial charge is 0.455 e. The number of rotatable bonds is 6. The molecule has 1 amide bonds. The summed E-state index contributed by atoms with van der Waals surface area (Å²) in [5.41, 5.74) is 1.67. The molecule has 0 unspecified atom stereocenters. The topological polar surface area (TPSA) is 99.3 Å². The highest BCUT2D eigenvalue weighted by atomic mass is 35.5. The van der Waals surface area contributed by atoms with Crippen molar-refractivity contribution in [3.63, 3.8) is 0 Å². The number of hydrogen-bond acceptors (Lipinski definition) is 5. The first kappa shape index (κ1) is 21.6. The van der Waals surface area contributed by atoms with Crippen molar-refractivity contribution in [2.45, 2.75) is 27.3 Å². The Morgan fingerprint density at radius 3 is 2.57 bits per heavy atom. The molecule has 0 bridgehead atoms. The van der Waals surface area contributed by atoms with Crippen molar-refractivity contribution < 1.29 is 14.5 Å². The van der Waals surface area contributed by atoms with E-state index >= 15 is 0 Å². The number of aryl methyl sites for hydroxylation is 2. The molecule has 0 fully saturated rings. The second-order valence-electron chi connectivity index (χ2n) is 6.47. The Hall–Kier alpha value is -3.10. The lowest BCUT2D eigenvalue weighted by Gasteiger charge is -2.11. The molecule has 3 rings (SSSR count). The van der Waals surface area contributed by atoms with Crippen LogP contribution in [0, 0.1) is 24.0 Å². The van der Waals surface area contributed by atoms with Crippen LogP contribution in [0.15, 0.2) is 36.4 Å². The first-order chi connectivity index (χ1) is 14.2. The monoisotopic (exact) mass is 448 g/mol. The predicted molar refractivity (Wildman–Crippen MR) is 115 cm³/mol. The van der Waals surface area contributed by atoms with E-state index in [0.29, 0.717) is 28.5 Å². The Morgan fingerprint density at radius 2 is 1.97 bits per heavy atom. The van der Waals surface area contributed by atoms with Crippen LogP contribution in [0.3, 0.4) is 0 Å². The molecule has 0 aliphatic carbocycles. The average molecular weight is 449 g/mol. The van der Waals surface area contributed by atoms with Gasteiger partial charge in [-0.25, -0.2) is 0 Å². The van der Waals surface area contributed by atoms with Gasteiger partial charge in [0.15, 0.2) is 0 Å². The standard InChI is InChI=1S/C20H18Cl2N4O4/c1-4-25-12(3)19(11(2)24-25)20(27)23-14-8-15(26(28)29)10-16(9-14)30-18-6-5-13(21)7-17(18)22/h5-10H,4H2,1-3H3,(H,23,27). The average Bonchev–Trinajstić information content (AvgIpc) is 2.97. The second kappa shape index (κ2) is 8.73. The third-order valence-corrected chi connectivity index (χ3v) is 4.92. The number of nitrogens with one attached hydrogen (secondary N) is 1. The van der Waals surface area contributed by atoms with E-state index in [0.717, 1.165) is 0 Å². The number of nitrogens with zero attached hydrogens (tertiary/aromatic N) is 3. The van der Waals surface area contributed by atoms with Crippen LogP contribution in [-0.4, -0.2) is 20.6 Å². The lowest BCUT2D eigenvalue weighted by Crippen LogP contribution is -2.14. The molecule has 10 heteroatoms. The SMILES string of the molecule is CCn1nc(C)c(C(=O)Nc2cc(Oc3ccc(Cl)cc3Cl)cc([N+](=O)[O-])c2)c1C. The van der Waals surface area contributed by atoms with E-state index in [4.69, 9.17) is 27.9 Å². The summed E-state index contributed by atoms with van der Waals surface area (Å²) >= 11 is 12.0. The van der Waals surface area contributed by atoms with Gasteiger partial charge in [0.05, 0.1) is 33.0 Å². The second-order valence-corrected chi connectivity index (χ2v) is 7.31. The maximum absolute atomic E-state index is 12.8. The summed E-state index contributed by atoms with van der Waals surface area (Å²) in [7, 11) is 0. The van der Waals surface area contributed by atoms with Crippen molar-refractivity contribution in [3.05, 3.63) is 73.5 Å². The fourth-order valence-electron chi connectivity index (χ4n) is 3.03. The highest BCUT2D eigenvalue weighted by molar-refractivity contribution is 6.35. The Morgan fingerprint density at radius 1 is 1.23 bits per heavy atom. The minimum Gasteiger partial charge on any atom is -0.455 e. The van der Waals surface area contributed by atoms with Crippen LogP contribution >= 0.6 is 23.2 Å². The normalized spacial score (nSPS) is 10.7. The van der Waals surface area contributed by atoms with E-state index in [-0.39, 0.29) is 27.9 Å².